The fourth-order valence-electron chi connectivity index (χ4n) is 3.91. The molecule has 0 saturated heterocycles. The fourth-order valence-corrected chi connectivity index (χ4v) is 5.33. The Morgan fingerprint density at radius 1 is 1.05 bits per heavy atom. The molecule has 0 saturated carbocycles. The van der Waals surface area contributed by atoms with Crippen molar-refractivity contribution in [2.24, 2.45) is 4.99 Å². The van der Waals surface area contributed by atoms with Gasteiger partial charge in [-0.3, -0.25) is 19.0 Å². The molecule has 1 unspecified atom stereocenters. The van der Waals surface area contributed by atoms with Crippen LogP contribution in [0, 0.1) is 0 Å². The predicted octanol–water partition coefficient (Wildman–Crippen LogP) is 3.02. The third-order valence-electron chi connectivity index (χ3n) is 5.40. The molecule has 1 aliphatic rings. The summed E-state index contributed by atoms with van der Waals surface area (Å²) in [7, 11) is 1.26. The number of ether oxygens (including phenoxy) is 3. The third-order valence-corrected chi connectivity index (χ3v) is 6.87. The Morgan fingerprint density at radius 3 is 2.35 bits per heavy atom. The number of halogens is 1. The Morgan fingerprint density at radius 2 is 1.73 bits per heavy atom. The van der Waals surface area contributed by atoms with Crippen molar-refractivity contribution in [2.45, 2.75) is 26.8 Å². The zero-order valence-corrected chi connectivity index (χ0v) is 22.6. The molecule has 190 valence electrons. The number of allylic oxidation sites excluding steroid dienone is 1. The van der Waals surface area contributed by atoms with Crippen LogP contribution in [0.3, 0.4) is 0 Å². The van der Waals surface area contributed by atoms with Crippen LogP contribution in [-0.2, 0) is 19.1 Å². The second-order valence-corrected chi connectivity index (χ2v) is 9.94. The lowest BCUT2D eigenvalue weighted by Gasteiger charge is -2.24. The number of rotatable bonds is 5. The fraction of sp³-hybridized carbons (Fsp3) is 0.192. The van der Waals surface area contributed by atoms with Gasteiger partial charge in [0.1, 0.15) is 11.5 Å². The van der Waals surface area contributed by atoms with Crippen molar-refractivity contribution in [1.29, 1.82) is 0 Å². The van der Waals surface area contributed by atoms with E-state index in [2.05, 4.69) is 20.9 Å². The number of carbonyl (C=O) groups excluding carboxylic acids is 3. The molecule has 0 radical (unpaired) electrons. The molecule has 9 nitrogen and oxygen atoms in total. The summed E-state index contributed by atoms with van der Waals surface area (Å²) in [4.78, 5) is 54.3. The van der Waals surface area contributed by atoms with Crippen molar-refractivity contribution in [1.82, 2.24) is 4.57 Å². The van der Waals surface area contributed by atoms with Crippen molar-refractivity contribution < 1.29 is 28.6 Å². The van der Waals surface area contributed by atoms with Gasteiger partial charge in [0.25, 0.3) is 5.56 Å². The number of thiazole rings is 1. The molecule has 11 heteroatoms. The van der Waals surface area contributed by atoms with Crippen LogP contribution in [0.4, 0.5) is 0 Å². The van der Waals surface area contributed by atoms with E-state index in [1.54, 1.807) is 55.5 Å². The van der Waals surface area contributed by atoms with E-state index in [0.29, 0.717) is 37.7 Å². The summed E-state index contributed by atoms with van der Waals surface area (Å²) in [5, 5.41) is 0. The molecule has 3 aromatic rings. The highest BCUT2D eigenvalue weighted by atomic mass is 79.9. The highest BCUT2D eigenvalue weighted by molar-refractivity contribution is 9.10. The minimum Gasteiger partial charge on any atom is -0.466 e. The summed E-state index contributed by atoms with van der Waals surface area (Å²) in [6, 6.07) is 10.8. The standard InChI is InChI=1S/C26H21BrN2O7S/c1-13-22(25(33)34-4)23(16-5-8-19(9-6-16)35-14(2)30)29-24(32)21(37-26(29)28-13)12-17-11-18(27)7-10-20(17)36-15(3)31/h5-12,23H,1-4H3/b21-12+. The van der Waals surface area contributed by atoms with E-state index in [1.807, 2.05) is 0 Å². The molecule has 0 bridgehead atoms. The average molecular weight is 585 g/mol. The molecule has 2 aromatic carbocycles. The van der Waals surface area contributed by atoms with Gasteiger partial charge in [0.2, 0.25) is 0 Å². The van der Waals surface area contributed by atoms with Crippen molar-refractivity contribution in [3.8, 4) is 11.5 Å². The highest BCUT2D eigenvalue weighted by Crippen LogP contribution is 2.31. The van der Waals surface area contributed by atoms with E-state index >= 15 is 0 Å². The largest absolute Gasteiger partial charge is 0.466 e. The number of carbonyl (C=O) groups is 3. The normalized spacial score (nSPS) is 15.1. The Labute approximate surface area is 223 Å². The molecule has 37 heavy (non-hydrogen) atoms. The van der Waals surface area contributed by atoms with Gasteiger partial charge in [0, 0.05) is 23.9 Å². The van der Waals surface area contributed by atoms with Crippen molar-refractivity contribution in [3.63, 3.8) is 0 Å². The Hall–Kier alpha value is -3.83. The maximum Gasteiger partial charge on any atom is 0.338 e. The molecule has 0 fully saturated rings. The first-order valence-electron chi connectivity index (χ1n) is 11.0. The predicted molar refractivity (Wildman–Crippen MR) is 139 cm³/mol. The average Bonchev–Trinajstić information content (AvgIpc) is 3.13. The Bertz CT molecular complexity index is 1630. The number of fused-ring (bicyclic) bond motifs is 1. The van der Waals surface area contributed by atoms with Gasteiger partial charge in [0.15, 0.2) is 4.80 Å². The van der Waals surface area contributed by atoms with Crippen molar-refractivity contribution >= 4 is 51.3 Å². The van der Waals surface area contributed by atoms with E-state index < -0.39 is 23.9 Å². The lowest BCUT2D eigenvalue weighted by Crippen LogP contribution is -2.39. The molecule has 0 aliphatic carbocycles. The van der Waals surface area contributed by atoms with Crippen LogP contribution >= 0.6 is 27.3 Å². The van der Waals surface area contributed by atoms with Gasteiger partial charge >= 0.3 is 17.9 Å². The summed E-state index contributed by atoms with van der Waals surface area (Å²) in [5.41, 5.74) is 1.35. The van der Waals surface area contributed by atoms with Gasteiger partial charge < -0.3 is 14.2 Å². The maximum atomic E-state index is 13.7. The van der Waals surface area contributed by atoms with Gasteiger partial charge in [-0.1, -0.05) is 39.4 Å². The second kappa shape index (κ2) is 10.7. The third kappa shape index (κ3) is 5.47. The molecule has 4 rings (SSSR count). The van der Waals surface area contributed by atoms with Gasteiger partial charge in [-0.25, -0.2) is 9.79 Å². The number of methoxy groups -OCH3 is 1. The summed E-state index contributed by atoms with van der Waals surface area (Å²) < 4.78 is 17.9. The quantitative estimate of drug-likeness (QED) is 0.334. The lowest BCUT2D eigenvalue weighted by atomic mass is 9.96. The molecule has 0 spiro atoms. The zero-order chi connectivity index (χ0) is 26.9. The summed E-state index contributed by atoms with van der Waals surface area (Å²) in [6.45, 7) is 4.27. The molecule has 2 heterocycles. The first-order chi connectivity index (χ1) is 17.6. The number of aromatic nitrogens is 1. The lowest BCUT2D eigenvalue weighted by molar-refractivity contribution is -0.136. The van der Waals surface area contributed by atoms with Crippen LogP contribution in [0.1, 0.15) is 37.9 Å². The number of nitrogens with zero attached hydrogens (tertiary/aromatic N) is 2. The number of hydrogen-bond acceptors (Lipinski definition) is 9. The Kier molecular flexibility index (Phi) is 7.55. The number of benzene rings is 2. The smallest absolute Gasteiger partial charge is 0.338 e. The van der Waals surface area contributed by atoms with E-state index in [-0.39, 0.29) is 11.1 Å². The van der Waals surface area contributed by atoms with Crippen LogP contribution in [0.2, 0.25) is 0 Å². The first kappa shape index (κ1) is 26.2. The molecular formula is C26H21BrN2O7S. The molecule has 1 aliphatic heterocycles. The van der Waals surface area contributed by atoms with Gasteiger partial charge in [-0.05, 0) is 48.9 Å². The molecule has 1 atom stereocenters. The Balaban J connectivity index is 1.92. The molecule has 1 aromatic heterocycles. The van der Waals surface area contributed by atoms with E-state index in [9.17, 15) is 19.2 Å². The van der Waals surface area contributed by atoms with Crippen molar-refractivity contribution in [3.05, 3.63) is 89.0 Å². The molecular weight excluding hydrogens is 564 g/mol. The van der Waals surface area contributed by atoms with E-state index in [1.165, 1.54) is 25.5 Å². The summed E-state index contributed by atoms with van der Waals surface area (Å²) in [6.07, 6.45) is 1.62. The monoisotopic (exact) mass is 584 g/mol. The number of hydrogen-bond donors (Lipinski definition) is 0. The minimum absolute atomic E-state index is 0.213. The van der Waals surface area contributed by atoms with Crippen molar-refractivity contribution in [2.75, 3.05) is 7.11 Å². The summed E-state index contributed by atoms with van der Waals surface area (Å²) >= 11 is 4.55. The summed E-state index contributed by atoms with van der Waals surface area (Å²) in [5.74, 6) is -0.947. The van der Waals surface area contributed by atoms with Crippen LogP contribution < -0.4 is 24.4 Å². The molecule has 0 N–H and O–H groups in total. The van der Waals surface area contributed by atoms with Gasteiger partial charge in [-0.2, -0.15) is 0 Å². The topological polar surface area (TPSA) is 113 Å². The minimum atomic E-state index is -0.826. The zero-order valence-electron chi connectivity index (χ0n) is 20.2. The second-order valence-electron chi connectivity index (χ2n) is 8.01. The maximum absolute atomic E-state index is 13.7. The van der Waals surface area contributed by atoms with Crippen LogP contribution in [0.25, 0.3) is 6.08 Å². The SMILES string of the molecule is COC(=O)C1=C(C)N=c2s/c(=C/c3cc(Br)ccc3OC(C)=O)c(=O)n2C1c1ccc(OC(C)=O)cc1. The number of esters is 3. The van der Waals surface area contributed by atoms with E-state index in [4.69, 9.17) is 14.2 Å². The van der Waals surface area contributed by atoms with Crippen LogP contribution in [0.15, 0.2) is 68.0 Å². The van der Waals surface area contributed by atoms with Gasteiger partial charge in [0.05, 0.1) is 29.0 Å². The van der Waals surface area contributed by atoms with Crippen LogP contribution in [-0.4, -0.2) is 29.6 Å². The van der Waals surface area contributed by atoms with Gasteiger partial charge in [-0.15, -0.1) is 0 Å². The first-order valence-corrected chi connectivity index (χ1v) is 12.6. The molecule has 0 amide bonds. The highest BCUT2D eigenvalue weighted by Gasteiger charge is 2.33. The van der Waals surface area contributed by atoms with E-state index in [0.717, 1.165) is 15.8 Å². The van der Waals surface area contributed by atoms with Crippen LogP contribution in [0.5, 0.6) is 11.5 Å².